The van der Waals surface area contributed by atoms with Crippen LogP contribution in [-0.4, -0.2) is 40.9 Å². The van der Waals surface area contributed by atoms with Crippen molar-refractivity contribution in [3.8, 4) is 34.7 Å². The number of nitrogens with one attached hydrogen (secondary N) is 2. The second-order valence-electron chi connectivity index (χ2n) is 17.1. The van der Waals surface area contributed by atoms with Crippen molar-refractivity contribution in [3.63, 3.8) is 0 Å². The fraction of sp³-hybridized carbons (Fsp3) is 0.127. The number of rotatable bonds is 16. The van der Waals surface area contributed by atoms with Crippen molar-refractivity contribution in [1.82, 2.24) is 18.8 Å². The first-order valence-electron chi connectivity index (χ1n) is 22.8. The summed E-state index contributed by atoms with van der Waals surface area (Å²) in [5.74, 6) is -0.572. The molecule has 0 bridgehead atoms. The Morgan fingerprint density at radius 1 is 0.708 bits per heavy atom. The Morgan fingerprint density at radius 3 is 2.03 bits per heavy atom. The first kappa shape index (κ1) is 46.8. The highest BCUT2D eigenvalue weighted by molar-refractivity contribution is 7.92. The van der Waals surface area contributed by atoms with Crippen LogP contribution in [0.15, 0.2) is 169 Å². The quantitative estimate of drug-likeness (QED) is 0.0951. The molecule has 9 aromatic rings. The second-order valence-corrected chi connectivity index (χ2v) is 18.7. The third-order valence-corrected chi connectivity index (χ3v) is 13.3. The summed E-state index contributed by atoms with van der Waals surface area (Å²) in [5, 5.41) is 3.26. The molecule has 2 aromatic heterocycles. The molecule has 0 radical (unpaired) electrons. The monoisotopic (exact) mass is 984 g/mol. The Morgan fingerprint density at radius 2 is 1.38 bits per heavy atom. The SMILES string of the molecule is Cc1cc(CC(=O)Nc2ccc3c(F)c(N4CC(=O)NS4(=O)=O)c(OCc4ccccc4)cc3c2)ccc1Oc1ccc2c(c1)n(C)c(=O)n2-c1ccc(OCc2ccccc2)nc1OCc1ccccc1. The van der Waals surface area contributed by atoms with Gasteiger partial charge in [-0.25, -0.2) is 18.2 Å². The van der Waals surface area contributed by atoms with Crippen LogP contribution in [0.5, 0.6) is 29.0 Å². The minimum absolute atomic E-state index is 0.000629. The fourth-order valence-electron chi connectivity index (χ4n) is 8.43. The molecular formula is C55H45FN6O9S. The zero-order valence-corrected chi connectivity index (χ0v) is 39.7. The summed E-state index contributed by atoms with van der Waals surface area (Å²) >= 11 is 0. The highest BCUT2D eigenvalue weighted by atomic mass is 32.2. The van der Waals surface area contributed by atoms with E-state index < -0.39 is 34.2 Å². The van der Waals surface area contributed by atoms with Crippen LogP contribution in [0.4, 0.5) is 15.8 Å². The number of carbonyl (C=O) groups excluding carboxylic acids is 2. The maximum Gasteiger partial charge on any atom is 0.333 e. The Bertz CT molecular complexity index is 3700. The van der Waals surface area contributed by atoms with Crippen LogP contribution < -0.4 is 39.0 Å². The van der Waals surface area contributed by atoms with Gasteiger partial charge < -0.3 is 24.3 Å². The van der Waals surface area contributed by atoms with Crippen LogP contribution in [0, 0.1) is 12.7 Å². The highest BCUT2D eigenvalue weighted by Crippen LogP contribution is 2.41. The summed E-state index contributed by atoms with van der Waals surface area (Å²) in [4.78, 5) is 44.3. The topological polar surface area (TPSA) is 172 Å². The van der Waals surface area contributed by atoms with E-state index in [0.717, 1.165) is 22.3 Å². The standard InChI is InChI=1S/C55H45FN6O9S/c1-35-26-39(27-49(63)57-41-19-21-43-40(28-41)29-48(68-32-36-12-6-3-7-13-36)53(52(43)56)61-31-50(64)59-72(61,66)67)18-24-47(35)71-42-20-22-44-46(30-42)60(2)55(65)62(44)45-23-25-51(69-33-37-14-8-4-9-15-37)58-54(45)70-34-38-16-10-5-11-17-38/h3-26,28-30H,27,31-34H2,1-2H3,(H,57,63)(H,59,64). The van der Waals surface area contributed by atoms with Gasteiger partial charge in [0.05, 0.1) is 17.5 Å². The number of aromatic nitrogens is 3. The van der Waals surface area contributed by atoms with Gasteiger partial charge in [0, 0.05) is 30.3 Å². The lowest BCUT2D eigenvalue weighted by Gasteiger charge is -2.21. The van der Waals surface area contributed by atoms with E-state index >= 15 is 4.39 Å². The molecular weight excluding hydrogens is 940 g/mol. The smallest absolute Gasteiger partial charge is 0.333 e. The number of carbonyl (C=O) groups is 2. The summed E-state index contributed by atoms with van der Waals surface area (Å²) < 4.78 is 72.3. The van der Waals surface area contributed by atoms with Crippen molar-refractivity contribution in [2.75, 3.05) is 16.2 Å². The summed E-state index contributed by atoms with van der Waals surface area (Å²) in [7, 11) is -2.69. The van der Waals surface area contributed by atoms with E-state index in [4.69, 9.17) is 23.9 Å². The van der Waals surface area contributed by atoms with E-state index in [1.165, 1.54) is 22.8 Å². The molecule has 1 fully saturated rings. The van der Waals surface area contributed by atoms with Crippen molar-refractivity contribution in [2.45, 2.75) is 33.2 Å². The van der Waals surface area contributed by atoms with Gasteiger partial charge in [-0.15, -0.1) is 0 Å². The average molecular weight is 985 g/mol. The molecule has 17 heteroatoms. The Kier molecular flexibility index (Phi) is 12.9. The molecule has 10 rings (SSSR count). The molecule has 7 aromatic carbocycles. The Balaban J connectivity index is 0.850. The van der Waals surface area contributed by atoms with Gasteiger partial charge in [-0.3, -0.25) is 18.7 Å². The molecule has 2 amide bonds. The number of imidazole rings is 1. The van der Waals surface area contributed by atoms with E-state index in [1.54, 1.807) is 72.3 Å². The molecule has 362 valence electrons. The first-order chi connectivity index (χ1) is 34.9. The molecule has 0 spiro atoms. The maximum absolute atomic E-state index is 16.3. The molecule has 1 aliphatic heterocycles. The summed E-state index contributed by atoms with van der Waals surface area (Å²) in [5.41, 5.74) is 5.40. The van der Waals surface area contributed by atoms with Crippen LogP contribution in [-0.2, 0) is 53.1 Å². The van der Waals surface area contributed by atoms with Crippen LogP contribution in [0.2, 0.25) is 0 Å². The lowest BCUT2D eigenvalue weighted by atomic mass is 10.1. The number of pyridine rings is 1. The third-order valence-electron chi connectivity index (χ3n) is 12.0. The van der Waals surface area contributed by atoms with E-state index in [0.29, 0.717) is 61.6 Å². The molecule has 72 heavy (non-hydrogen) atoms. The highest BCUT2D eigenvalue weighted by Gasteiger charge is 2.38. The summed E-state index contributed by atoms with van der Waals surface area (Å²) in [6.45, 7) is 1.76. The van der Waals surface area contributed by atoms with E-state index in [9.17, 15) is 22.8 Å². The molecule has 15 nitrogen and oxygen atoms in total. The third kappa shape index (κ3) is 9.91. The molecule has 1 aliphatic rings. The van der Waals surface area contributed by atoms with Gasteiger partial charge in [-0.05, 0) is 88.7 Å². The predicted octanol–water partition coefficient (Wildman–Crippen LogP) is 9.22. The minimum Gasteiger partial charge on any atom is -0.487 e. The lowest BCUT2D eigenvalue weighted by Crippen LogP contribution is -2.30. The Hall–Kier alpha value is -8.96. The van der Waals surface area contributed by atoms with Crippen molar-refractivity contribution >= 4 is 55.2 Å². The van der Waals surface area contributed by atoms with Crippen LogP contribution in [0.1, 0.15) is 27.8 Å². The van der Waals surface area contributed by atoms with Gasteiger partial charge in [0.15, 0.2) is 5.82 Å². The van der Waals surface area contributed by atoms with Gasteiger partial charge in [0.25, 0.3) is 5.91 Å². The number of halogens is 1. The molecule has 0 aliphatic carbocycles. The second kappa shape index (κ2) is 19.8. The van der Waals surface area contributed by atoms with Crippen LogP contribution in [0.25, 0.3) is 27.5 Å². The first-order valence-corrected chi connectivity index (χ1v) is 24.2. The number of ether oxygens (including phenoxy) is 4. The normalized spacial score (nSPS) is 13.0. The number of hydrogen-bond donors (Lipinski definition) is 2. The average Bonchev–Trinajstić information content (AvgIpc) is 3.80. The van der Waals surface area contributed by atoms with Crippen molar-refractivity contribution in [2.24, 2.45) is 7.05 Å². The van der Waals surface area contributed by atoms with E-state index in [-0.39, 0.29) is 48.2 Å². The number of aryl methyl sites for hydroxylation is 2. The predicted molar refractivity (Wildman–Crippen MR) is 271 cm³/mol. The molecule has 2 N–H and O–H groups in total. The molecule has 3 heterocycles. The van der Waals surface area contributed by atoms with Crippen molar-refractivity contribution < 1.29 is 41.3 Å². The maximum atomic E-state index is 16.3. The number of nitrogens with zero attached hydrogens (tertiary/aromatic N) is 4. The summed E-state index contributed by atoms with van der Waals surface area (Å²) in [6.07, 6.45) is -0.000629. The lowest BCUT2D eigenvalue weighted by molar-refractivity contribution is -0.117. The number of hydrogen-bond acceptors (Lipinski definition) is 10. The molecule has 0 atom stereocenters. The fourth-order valence-corrected chi connectivity index (χ4v) is 9.59. The van der Waals surface area contributed by atoms with Gasteiger partial charge in [0.2, 0.25) is 17.7 Å². The number of anilines is 2. The summed E-state index contributed by atoms with van der Waals surface area (Å²) in [6, 6.07) is 48.7. The zero-order valence-electron chi connectivity index (χ0n) is 38.9. The number of amides is 2. The largest absolute Gasteiger partial charge is 0.487 e. The van der Waals surface area contributed by atoms with Gasteiger partial charge in [-0.2, -0.15) is 13.4 Å². The van der Waals surface area contributed by atoms with Gasteiger partial charge >= 0.3 is 15.9 Å². The van der Waals surface area contributed by atoms with Crippen molar-refractivity contribution in [1.29, 1.82) is 0 Å². The van der Waals surface area contributed by atoms with Gasteiger partial charge in [0.1, 0.15) is 55.0 Å². The minimum atomic E-state index is -4.37. The number of benzene rings is 7. The van der Waals surface area contributed by atoms with Crippen molar-refractivity contribution in [3.05, 3.63) is 208 Å². The molecule has 1 saturated heterocycles. The van der Waals surface area contributed by atoms with Gasteiger partial charge in [-0.1, -0.05) is 103 Å². The van der Waals surface area contributed by atoms with Crippen LogP contribution >= 0.6 is 0 Å². The molecule has 0 unspecified atom stereocenters. The van der Waals surface area contributed by atoms with E-state index in [2.05, 4.69) is 5.32 Å². The Labute approximate surface area is 412 Å². The van der Waals surface area contributed by atoms with Crippen LogP contribution in [0.3, 0.4) is 0 Å². The zero-order chi connectivity index (χ0) is 49.9. The number of fused-ring (bicyclic) bond motifs is 2. The molecule has 0 saturated carbocycles. The van der Waals surface area contributed by atoms with E-state index in [1.807, 2.05) is 96.6 Å².